The summed E-state index contributed by atoms with van der Waals surface area (Å²) in [5.41, 5.74) is 11.0. The number of phenols is 2. The minimum Gasteiger partial charge on any atom is -0.504 e. The zero-order valence-corrected chi connectivity index (χ0v) is 11.4. The molecule has 0 saturated carbocycles. The number of carboxylic acid groups (broad SMARTS) is 1. The number of Topliss-reactive ketones (excluding diaryl/α,β-unsaturated/α-hetero) is 1. The van der Waals surface area contributed by atoms with Crippen molar-refractivity contribution in [3.8, 4) is 11.5 Å². The molecule has 1 aromatic carbocycles. The molecule has 0 aromatic heterocycles. The van der Waals surface area contributed by atoms with Gasteiger partial charge in [0.1, 0.15) is 6.04 Å². The molecule has 7 N–H and O–H groups in total. The van der Waals surface area contributed by atoms with Crippen molar-refractivity contribution < 1.29 is 24.9 Å². The van der Waals surface area contributed by atoms with Gasteiger partial charge in [-0.15, -0.1) is 0 Å². The molecule has 0 bridgehead atoms. The maximum Gasteiger partial charge on any atom is 0.320 e. The number of ketones is 1. The van der Waals surface area contributed by atoms with Gasteiger partial charge in [-0.2, -0.15) is 12.6 Å². The lowest BCUT2D eigenvalue weighted by Gasteiger charge is -2.13. The van der Waals surface area contributed by atoms with E-state index in [2.05, 4.69) is 12.6 Å². The van der Waals surface area contributed by atoms with Crippen molar-refractivity contribution in [3.05, 3.63) is 23.3 Å². The average Bonchev–Trinajstić information content (AvgIpc) is 2.40. The van der Waals surface area contributed by atoms with Crippen molar-refractivity contribution in [2.45, 2.75) is 18.5 Å². The molecular formula is C12H16N2O5S. The number of carbonyl (C=O) groups excluding carboxylic acids is 1. The van der Waals surface area contributed by atoms with Crippen LogP contribution >= 0.6 is 12.6 Å². The second kappa shape index (κ2) is 6.60. The molecule has 1 aromatic rings. The van der Waals surface area contributed by atoms with Gasteiger partial charge < -0.3 is 26.8 Å². The molecule has 0 aliphatic heterocycles. The highest BCUT2D eigenvalue weighted by Crippen LogP contribution is 2.31. The van der Waals surface area contributed by atoms with Gasteiger partial charge in [0, 0.05) is 5.75 Å². The summed E-state index contributed by atoms with van der Waals surface area (Å²) in [6.07, 6.45) is -0.0977. The maximum absolute atomic E-state index is 11.9. The molecule has 0 radical (unpaired) electrons. The van der Waals surface area contributed by atoms with Crippen molar-refractivity contribution in [3.63, 3.8) is 0 Å². The Morgan fingerprint density at radius 1 is 1.20 bits per heavy atom. The van der Waals surface area contributed by atoms with E-state index in [0.29, 0.717) is 5.56 Å². The molecule has 2 atom stereocenters. The fourth-order valence-corrected chi connectivity index (χ4v) is 1.77. The van der Waals surface area contributed by atoms with Crippen LogP contribution in [0.15, 0.2) is 12.1 Å². The van der Waals surface area contributed by atoms with E-state index in [1.807, 2.05) is 0 Å². The third kappa shape index (κ3) is 3.62. The van der Waals surface area contributed by atoms with Gasteiger partial charge in [-0.3, -0.25) is 9.59 Å². The SMILES string of the molecule is NC(Cc1cc(O)c(O)c(C(=O)[C@@H](N)CS)c1)C(=O)O. The summed E-state index contributed by atoms with van der Waals surface area (Å²) in [4.78, 5) is 22.6. The molecule has 0 aliphatic rings. The van der Waals surface area contributed by atoms with Crippen LogP contribution < -0.4 is 11.5 Å². The van der Waals surface area contributed by atoms with E-state index >= 15 is 0 Å². The standard InChI is InChI=1S/C12H16N2O5S/c13-7(12(18)19)2-5-1-6(10(16)8(14)4-20)11(17)9(15)3-5/h1,3,7-8,15,17,20H,2,4,13-14H2,(H,18,19)/t7?,8-/m0/s1. The Bertz CT molecular complexity index is 535. The van der Waals surface area contributed by atoms with Crippen molar-refractivity contribution in [1.29, 1.82) is 0 Å². The van der Waals surface area contributed by atoms with Gasteiger partial charge in [-0.05, 0) is 24.1 Å². The van der Waals surface area contributed by atoms with Crippen LogP contribution in [0.5, 0.6) is 11.5 Å². The number of hydrogen-bond acceptors (Lipinski definition) is 7. The minimum atomic E-state index is -1.21. The van der Waals surface area contributed by atoms with E-state index in [9.17, 15) is 19.8 Å². The van der Waals surface area contributed by atoms with Crippen molar-refractivity contribution in [2.24, 2.45) is 11.5 Å². The highest BCUT2D eigenvalue weighted by molar-refractivity contribution is 7.80. The summed E-state index contributed by atoms with van der Waals surface area (Å²) < 4.78 is 0. The lowest BCUT2D eigenvalue weighted by atomic mass is 9.98. The molecular weight excluding hydrogens is 284 g/mol. The molecule has 8 heteroatoms. The number of rotatable bonds is 6. The zero-order chi connectivity index (χ0) is 15.4. The Labute approximate surface area is 120 Å². The summed E-state index contributed by atoms with van der Waals surface area (Å²) in [5, 5.41) is 28.0. The number of thiol groups is 1. The van der Waals surface area contributed by atoms with E-state index in [0.717, 1.165) is 6.07 Å². The number of aliphatic carboxylic acids is 1. The molecule has 110 valence electrons. The van der Waals surface area contributed by atoms with Gasteiger partial charge >= 0.3 is 5.97 Å². The van der Waals surface area contributed by atoms with Crippen LogP contribution in [-0.2, 0) is 11.2 Å². The number of phenolic OH excluding ortho intramolecular Hbond substituents is 2. The Morgan fingerprint density at radius 3 is 2.30 bits per heavy atom. The van der Waals surface area contributed by atoms with Gasteiger partial charge in [0.25, 0.3) is 0 Å². The van der Waals surface area contributed by atoms with E-state index in [1.165, 1.54) is 6.07 Å². The second-order valence-corrected chi connectivity index (χ2v) is 4.68. The number of hydrogen-bond donors (Lipinski definition) is 6. The normalized spacial score (nSPS) is 13.8. The number of aromatic hydroxyl groups is 2. The number of benzene rings is 1. The molecule has 1 rings (SSSR count). The molecule has 0 amide bonds. The molecule has 0 fully saturated rings. The lowest BCUT2D eigenvalue weighted by molar-refractivity contribution is -0.138. The van der Waals surface area contributed by atoms with E-state index in [4.69, 9.17) is 16.6 Å². The topological polar surface area (TPSA) is 147 Å². The summed E-state index contributed by atoms with van der Waals surface area (Å²) in [6.45, 7) is 0. The molecule has 20 heavy (non-hydrogen) atoms. The first-order chi connectivity index (χ1) is 9.27. The Hall–Kier alpha value is -1.77. The van der Waals surface area contributed by atoms with Gasteiger partial charge in [0.05, 0.1) is 11.6 Å². The first-order valence-electron chi connectivity index (χ1n) is 5.71. The second-order valence-electron chi connectivity index (χ2n) is 4.31. The third-order valence-corrected chi connectivity index (χ3v) is 3.11. The fraction of sp³-hybridized carbons (Fsp3) is 0.333. The molecule has 0 spiro atoms. The Kier molecular flexibility index (Phi) is 5.37. The first-order valence-corrected chi connectivity index (χ1v) is 6.35. The molecule has 1 unspecified atom stereocenters. The maximum atomic E-state index is 11.9. The lowest BCUT2D eigenvalue weighted by Crippen LogP contribution is -2.33. The van der Waals surface area contributed by atoms with Crippen LogP contribution in [-0.4, -0.2) is 44.9 Å². The average molecular weight is 300 g/mol. The molecule has 0 heterocycles. The van der Waals surface area contributed by atoms with Crippen molar-refractivity contribution in [1.82, 2.24) is 0 Å². The number of nitrogens with two attached hydrogens (primary N) is 2. The summed E-state index contributed by atoms with van der Waals surface area (Å²) in [6, 6.07) is 0.303. The summed E-state index contributed by atoms with van der Waals surface area (Å²) in [5.74, 6) is -2.87. The van der Waals surface area contributed by atoms with Gasteiger partial charge in [0.15, 0.2) is 17.3 Å². The van der Waals surface area contributed by atoms with Crippen molar-refractivity contribution >= 4 is 24.4 Å². The molecule has 0 saturated heterocycles. The van der Waals surface area contributed by atoms with Crippen LogP contribution in [0, 0.1) is 0 Å². The van der Waals surface area contributed by atoms with Crippen LogP contribution in [0.1, 0.15) is 15.9 Å². The predicted molar refractivity (Wildman–Crippen MR) is 75.2 cm³/mol. The fourth-order valence-electron chi connectivity index (χ4n) is 1.61. The molecule has 0 aliphatic carbocycles. The van der Waals surface area contributed by atoms with Gasteiger partial charge in [0.2, 0.25) is 0 Å². The predicted octanol–water partition coefficient (Wildman–Crippen LogP) is -0.508. The van der Waals surface area contributed by atoms with Crippen LogP contribution in [0.4, 0.5) is 0 Å². The Balaban J connectivity index is 3.16. The van der Waals surface area contributed by atoms with E-state index < -0.39 is 35.3 Å². The monoisotopic (exact) mass is 300 g/mol. The van der Waals surface area contributed by atoms with Crippen LogP contribution in [0.3, 0.4) is 0 Å². The van der Waals surface area contributed by atoms with Crippen LogP contribution in [0.2, 0.25) is 0 Å². The van der Waals surface area contributed by atoms with E-state index in [1.54, 1.807) is 0 Å². The number of carboxylic acids is 1. The highest BCUT2D eigenvalue weighted by Gasteiger charge is 2.22. The molecule has 7 nitrogen and oxygen atoms in total. The third-order valence-electron chi connectivity index (χ3n) is 2.72. The smallest absolute Gasteiger partial charge is 0.320 e. The largest absolute Gasteiger partial charge is 0.504 e. The van der Waals surface area contributed by atoms with E-state index in [-0.39, 0.29) is 17.7 Å². The highest BCUT2D eigenvalue weighted by atomic mass is 32.1. The number of carbonyl (C=O) groups is 2. The summed E-state index contributed by atoms with van der Waals surface area (Å²) in [7, 11) is 0. The van der Waals surface area contributed by atoms with Crippen LogP contribution in [0.25, 0.3) is 0 Å². The van der Waals surface area contributed by atoms with Gasteiger partial charge in [-0.25, -0.2) is 0 Å². The first kappa shape index (κ1) is 16.3. The summed E-state index contributed by atoms with van der Waals surface area (Å²) >= 11 is 3.89. The van der Waals surface area contributed by atoms with Gasteiger partial charge in [-0.1, -0.05) is 0 Å². The minimum absolute atomic E-state index is 0.0674. The zero-order valence-electron chi connectivity index (χ0n) is 10.5. The Morgan fingerprint density at radius 2 is 1.80 bits per heavy atom. The quantitative estimate of drug-likeness (QED) is 0.235. The van der Waals surface area contributed by atoms with Crippen molar-refractivity contribution in [2.75, 3.05) is 5.75 Å².